The van der Waals surface area contributed by atoms with Gasteiger partial charge in [-0.25, -0.2) is 4.18 Å². The van der Waals surface area contributed by atoms with Crippen molar-refractivity contribution in [3.05, 3.63) is 12.2 Å². The molecule has 0 aromatic carbocycles. The molecule has 8 unspecified atom stereocenters. The van der Waals surface area contributed by atoms with Gasteiger partial charge in [-0.3, -0.25) is 9.35 Å². The fraction of sp³-hybridized carbons (Fsp3) is 0.935. The molecule has 0 bridgehead atoms. The van der Waals surface area contributed by atoms with Gasteiger partial charge in [-0.15, -0.1) is 0 Å². The first-order valence-electron chi connectivity index (χ1n) is 24.2. The van der Waals surface area contributed by atoms with Crippen LogP contribution in [-0.2, 0) is 28.9 Å². The first kappa shape index (κ1) is 56.8. The molecule has 0 radical (unpaired) electrons. The Balaban J connectivity index is 2.17. The van der Waals surface area contributed by atoms with Crippen molar-refractivity contribution in [3.63, 3.8) is 0 Å². The molecule has 13 nitrogen and oxygen atoms in total. The number of aliphatic hydroxyl groups excluding tert-OH is 5. The second kappa shape index (κ2) is 37.2. The molecule has 356 valence electrons. The number of ether oxygens (including phenoxy) is 2. The summed E-state index contributed by atoms with van der Waals surface area (Å²) in [5.41, 5.74) is 0. The van der Waals surface area contributed by atoms with Crippen LogP contribution < -0.4 is 5.32 Å². The lowest BCUT2D eigenvalue weighted by molar-refractivity contribution is -0.298. The number of hydrogen-bond donors (Lipinski definition) is 7. The third-order valence-corrected chi connectivity index (χ3v) is 12.1. The fourth-order valence-electron chi connectivity index (χ4n) is 7.81. The van der Waals surface area contributed by atoms with Crippen LogP contribution >= 0.6 is 0 Å². The molecule has 0 spiro atoms. The van der Waals surface area contributed by atoms with E-state index in [1.165, 1.54) is 141 Å². The third kappa shape index (κ3) is 29.2. The van der Waals surface area contributed by atoms with Crippen LogP contribution in [0.25, 0.3) is 0 Å². The largest absolute Gasteiger partial charge is 0.397 e. The van der Waals surface area contributed by atoms with Crippen LogP contribution in [0.2, 0.25) is 0 Å². The lowest BCUT2D eigenvalue weighted by atomic mass is 9.99. The maximum atomic E-state index is 12.9. The number of nitrogens with one attached hydrogen (secondary N) is 1. The summed E-state index contributed by atoms with van der Waals surface area (Å²) in [5.74, 6) is -0.680. The van der Waals surface area contributed by atoms with E-state index in [0.717, 1.165) is 32.1 Å². The Morgan fingerprint density at radius 2 is 1.07 bits per heavy atom. The molecule has 8 atom stereocenters. The Morgan fingerprint density at radius 3 is 1.52 bits per heavy atom. The monoisotopic (exact) mass is 880 g/mol. The summed E-state index contributed by atoms with van der Waals surface area (Å²) in [6, 6.07) is -1.03. The molecule has 1 fully saturated rings. The van der Waals surface area contributed by atoms with Crippen molar-refractivity contribution in [3.8, 4) is 0 Å². The van der Waals surface area contributed by atoms with Crippen LogP contribution in [0.15, 0.2) is 12.2 Å². The highest BCUT2D eigenvalue weighted by molar-refractivity contribution is 7.80. The summed E-state index contributed by atoms with van der Waals surface area (Å²) in [7, 11) is -5.10. The van der Waals surface area contributed by atoms with E-state index in [1.54, 1.807) is 0 Å². The number of hydrogen-bond acceptors (Lipinski definition) is 11. The minimum atomic E-state index is -5.10. The zero-order chi connectivity index (χ0) is 44.3. The van der Waals surface area contributed by atoms with Gasteiger partial charge in [0.15, 0.2) is 6.29 Å². The predicted molar refractivity (Wildman–Crippen MR) is 238 cm³/mol. The van der Waals surface area contributed by atoms with Crippen molar-refractivity contribution in [1.29, 1.82) is 0 Å². The van der Waals surface area contributed by atoms with Crippen LogP contribution in [0.4, 0.5) is 0 Å². The van der Waals surface area contributed by atoms with Gasteiger partial charge in [-0.05, 0) is 38.5 Å². The lowest BCUT2D eigenvalue weighted by Crippen LogP contribution is -2.61. The topological polar surface area (TPSA) is 212 Å². The van der Waals surface area contributed by atoms with E-state index in [-0.39, 0.29) is 6.42 Å². The van der Waals surface area contributed by atoms with Crippen molar-refractivity contribution in [1.82, 2.24) is 5.32 Å². The molecule has 1 aliphatic heterocycles. The summed E-state index contributed by atoms with van der Waals surface area (Å²) >= 11 is 0. The van der Waals surface area contributed by atoms with Crippen LogP contribution in [0.1, 0.15) is 213 Å². The molecule has 1 aliphatic rings. The van der Waals surface area contributed by atoms with Crippen molar-refractivity contribution in [2.24, 2.45) is 0 Å². The smallest absolute Gasteiger partial charge is 0.394 e. The van der Waals surface area contributed by atoms with Crippen molar-refractivity contribution >= 4 is 16.3 Å². The van der Waals surface area contributed by atoms with Gasteiger partial charge in [-0.2, -0.15) is 8.42 Å². The number of allylic oxidation sites excluding steroid dienone is 2. The van der Waals surface area contributed by atoms with E-state index in [9.17, 15) is 38.7 Å². The van der Waals surface area contributed by atoms with Gasteiger partial charge in [-0.1, -0.05) is 187 Å². The summed E-state index contributed by atoms with van der Waals surface area (Å²) in [5, 5.41) is 54.6. The van der Waals surface area contributed by atoms with Gasteiger partial charge in [0.2, 0.25) is 5.91 Å². The van der Waals surface area contributed by atoms with E-state index in [4.69, 9.17) is 14.0 Å². The van der Waals surface area contributed by atoms with E-state index < -0.39 is 78.5 Å². The van der Waals surface area contributed by atoms with Gasteiger partial charge >= 0.3 is 10.4 Å². The van der Waals surface area contributed by atoms with Crippen LogP contribution in [0.3, 0.4) is 0 Å². The molecular weight excluding hydrogens is 791 g/mol. The number of rotatable bonds is 41. The minimum Gasteiger partial charge on any atom is -0.394 e. The quantitative estimate of drug-likeness (QED) is 0.0175. The molecule has 0 aromatic heterocycles. The van der Waals surface area contributed by atoms with Crippen LogP contribution in [-0.4, -0.2) is 107 Å². The Bertz CT molecular complexity index is 1140. The molecule has 60 heavy (non-hydrogen) atoms. The fourth-order valence-corrected chi connectivity index (χ4v) is 8.32. The first-order chi connectivity index (χ1) is 28.9. The molecule has 1 rings (SSSR count). The van der Waals surface area contributed by atoms with Crippen molar-refractivity contribution in [2.45, 2.75) is 262 Å². The zero-order valence-electron chi connectivity index (χ0n) is 37.6. The predicted octanol–water partition coefficient (Wildman–Crippen LogP) is 8.53. The minimum absolute atomic E-state index is 0.260. The molecule has 14 heteroatoms. The van der Waals surface area contributed by atoms with Gasteiger partial charge < -0.3 is 40.3 Å². The summed E-state index contributed by atoms with van der Waals surface area (Å²) in [6.07, 6.45) is 29.8. The molecule has 0 saturated carbocycles. The first-order valence-corrected chi connectivity index (χ1v) is 25.5. The Hall–Kier alpha value is -1.20. The number of aliphatic hydroxyl groups is 5. The maximum Gasteiger partial charge on any atom is 0.397 e. The maximum absolute atomic E-state index is 12.9. The highest BCUT2D eigenvalue weighted by Gasteiger charge is 2.48. The highest BCUT2D eigenvalue weighted by atomic mass is 32.3. The molecule has 1 heterocycles. The number of carbonyl (C=O) groups is 1. The van der Waals surface area contributed by atoms with E-state index in [2.05, 4.69) is 28.6 Å². The van der Waals surface area contributed by atoms with E-state index >= 15 is 0 Å². The van der Waals surface area contributed by atoms with Gasteiger partial charge in [0, 0.05) is 0 Å². The highest BCUT2D eigenvalue weighted by Crippen LogP contribution is 2.26. The Kier molecular flexibility index (Phi) is 35.2. The molecule has 0 aromatic rings. The normalized spacial score (nSPS) is 21.4. The van der Waals surface area contributed by atoms with Crippen LogP contribution in [0, 0.1) is 0 Å². The average molecular weight is 880 g/mol. The Morgan fingerprint density at radius 1 is 0.650 bits per heavy atom. The molecule has 1 amide bonds. The summed E-state index contributed by atoms with van der Waals surface area (Å²) in [4.78, 5) is 12.9. The van der Waals surface area contributed by atoms with Gasteiger partial charge in [0.05, 0.1) is 25.4 Å². The number of amides is 1. The summed E-state index contributed by atoms with van der Waals surface area (Å²) < 4.78 is 47.1. The molecule has 7 N–H and O–H groups in total. The molecule has 1 saturated heterocycles. The Labute approximate surface area is 364 Å². The van der Waals surface area contributed by atoms with Crippen LogP contribution in [0.5, 0.6) is 0 Å². The van der Waals surface area contributed by atoms with Gasteiger partial charge in [0.1, 0.15) is 30.5 Å². The average Bonchev–Trinajstić information content (AvgIpc) is 3.22. The van der Waals surface area contributed by atoms with E-state index in [0.29, 0.717) is 19.3 Å². The van der Waals surface area contributed by atoms with Crippen molar-refractivity contribution in [2.75, 3.05) is 13.2 Å². The second-order valence-corrected chi connectivity index (χ2v) is 18.2. The van der Waals surface area contributed by atoms with Crippen molar-refractivity contribution < 1.29 is 57.0 Å². The zero-order valence-corrected chi connectivity index (χ0v) is 38.5. The third-order valence-electron chi connectivity index (χ3n) is 11.7. The van der Waals surface area contributed by atoms with E-state index in [1.807, 2.05) is 6.92 Å². The standard InChI is InChI=1S/C46H89NO12S/c1-3-5-7-8-9-10-11-12-13-14-15-16-17-18-19-20-21-22-23-24-25-26-27-28-29-30-31-33-35-40(50)45(53)47-38(39(49)34-32-6-4-2)37-57-46-43(52)44(59-60(54,55)56)42(51)41(36-48)58-46/h18-19,38-44,46,48-52H,3-17,20-37H2,1-2H3,(H,47,53)(H,54,55,56)/b19-18-. The number of unbranched alkanes of at least 4 members (excludes halogenated alkanes) is 26. The second-order valence-electron chi connectivity index (χ2n) is 17.2. The molecular formula is C46H89NO12S. The van der Waals surface area contributed by atoms with Gasteiger partial charge in [0.25, 0.3) is 0 Å². The molecule has 0 aliphatic carbocycles. The number of carbonyl (C=O) groups excluding carboxylic acids is 1. The summed E-state index contributed by atoms with van der Waals surface area (Å²) in [6.45, 7) is 3.08. The lowest BCUT2D eigenvalue weighted by Gasteiger charge is -2.41. The SMILES string of the molecule is CCCCCCCCCCCCCC/C=C\CCCCCCCCCCCCCCC(O)C(=O)NC(COC1OC(CO)C(O)C(OS(=O)(=O)O)C1O)C(O)CCCCC.